The SMILES string of the molecule is Nc1cc(NC(=O)CCn2cnccc2=O)ccc1Cl. The monoisotopic (exact) mass is 292 g/mol. The van der Waals surface area contributed by atoms with E-state index in [1.54, 1.807) is 18.2 Å². The lowest BCUT2D eigenvalue weighted by molar-refractivity contribution is -0.116. The predicted octanol–water partition coefficient (Wildman–Crippen LogP) is 1.51. The van der Waals surface area contributed by atoms with Crippen molar-refractivity contribution in [2.24, 2.45) is 0 Å². The lowest BCUT2D eigenvalue weighted by Crippen LogP contribution is -2.22. The van der Waals surface area contributed by atoms with Crippen LogP contribution in [-0.4, -0.2) is 15.5 Å². The lowest BCUT2D eigenvalue weighted by atomic mass is 10.2. The first kappa shape index (κ1) is 14.1. The highest BCUT2D eigenvalue weighted by molar-refractivity contribution is 6.33. The maximum atomic E-state index is 11.8. The van der Waals surface area contributed by atoms with Gasteiger partial charge in [0, 0.05) is 30.9 Å². The Morgan fingerprint density at radius 3 is 2.90 bits per heavy atom. The Morgan fingerprint density at radius 2 is 2.20 bits per heavy atom. The van der Waals surface area contributed by atoms with Crippen molar-refractivity contribution in [2.45, 2.75) is 13.0 Å². The first-order valence-corrected chi connectivity index (χ1v) is 6.29. The summed E-state index contributed by atoms with van der Waals surface area (Å²) in [6.45, 7) is 0.265. The van der Waals surface area contributed by atoms with Crippen LogP contribution in [0.5, 0.6) is 0 Å². The molecule has 0 radical (unpaired) electrons. The van der Waals surface area contributed by atoms with Gasteiger partial charge in [0.15, 0.2) is 0 Å². The van der Waals surface area contributed by atoms with Crippen molar-refractivity contribution in [2.75, 3.05) is 11.1 Å². The van der Waals surface area contributed by atoms with Gasteiger partial charge in [-0.05, 0) is 18.2 Å². The van der Waals surface area contributed by atoms with E-state index < -0.39 is 0 Å². The molecular formula is C13H13ClN4O2. The minimum absolute atomic E-state index is 0.161. The molecule has 0 bridgehead atoms. The topological polar surface area (TPSA) is 90.0 Å². The number of anilines is 2. The highest BCUT2D eigenvalue weighted by Crippen LogP contribution is 2.22. The van der Waals surface area contributed by atoms with E-state index in [-0.39, 0.29) is 24.4 Å². The number of nitrogens with one attached hydrogen (secondary N) is 1. The molecule has 1 aromatic carbocycles. The molecule has 3 N–H and O–H groups in total. The minimum Gasteiger partial charge on any atom is -0.397 e. The summed E-state index contributed by atoms with van der Waals surface area (Å²) in [6.07, 6.45) is 2.97. The highest BCUT2D eigenvalue weighted by atomic mass is 35.5. The van der Waals surface area contributed by atoms with Crippen molar-refractivity contribution < 1.29 is 4.79 Å². The van der Waals surface area contributed by atoms with Gasteiger partial charge >= 0.3 is 0 Å². The summed E-state index contributed by atoms with van der Waals surface area (Å²) in [6, 6.07) is 6.19. The molecule has 1 amide bonds. The van der Waals surface area contributed by atoms with Crippen LogP contribution in [0.4, 0.5) is 11.4 Å². The fourth-order valence-corrected chi connectivity index (χ4v) is 1.73. The summed E-state index contributed by atoms with van der Waals surface area (Å²) in [4.78, 5) is 27.0. The van der Waals surface area contributed by atoms with Crippen molar-refractivity contribution in [1.29, 1.82) is 0 Å². The van der Waals surface area contributed by atoms with Crippen molar-refractivity contribution >= 4 is 28.9 Å². The number of hydrogen-bond acceptors (Lipinski definition) is 4. The molecule has 2 aromatic rings. The van der Waals surface area contributed by atoms with E-state index in [9.17, 15) is 9.59 Å². The molecule has 7 heteroatoms. The van der Waals surface area contributed by atoms with Crippen molar-refractivity contribution in [1.82, 2.24) is 9.55 Å². The van der Waals surface area contributed by atoms with Crippen molar-refractivity contribution in [3.8, 4) is 0 Å². The quantitative estimate of drug-likeness (QED) is 0.836. The number of nitrogens with zero attached hydrogens (tertiary/aromatic N) is 2. The molecule has 0 aliphatic carbocycles. The largest absolute Gasteiger partial charge is 0.397 e. The average Bonchev–Trinajstić information content (AvgIpc) is 2.42. The zero-order valence-corrected chi connectivity index (χ0v) is 11.3. The van der Waals surface area contributed by atoms with Gasteiger partial charge in [-0.1, -0.05) is 11.6 Å². The van der Waals surface area contributed by atoms with Crippen LogP contribution in [0.25, 0.3) is 0 Å². The lowest BCUT2D eigenvalue weighted by Gasteiger charge is -2.07. The number of rotatable bonds is 4. The summed E-state index contributed by atoms with van der Waals surface area (Å²) in [5.41, 5.74) is 6.41. The van der Waals surface area contributed by atoms with Gasteiger partial charge in [0.1, 0.15) is 0 Å². The summed E-state index contributed by atoms with van der Waals surface area (Å²) in [5, 5.41) is 3.12. The third-order valence-electron chi connectivity index (χ3n) is 2.65. The van der Waals surface area contributed by atoms with Gasteiger partial charge in [-0.2, -0.15) is 0 Å². The normalized spacial score (nSPS) is 10.2. The van der Waals surface area contributed by atoms with Crippen LogP contribution in [0.3, 0.4) is 0 Å². The Hall–Kier alpha value is -2.34. The van der Waals surface area contributed by atoms with E-state index in [1.165, 1.54) is 23.2 Å². The number of amides is 1. The van der Waals surface area contributed by atoms with Crippen LogP contribution in [-0.2, 0) is 11.3 Å². The molecule has 0 atom stereocenters. The van der Waals surface area contributed by atoms with Gasteiger partial charge in [-0.15, -0.1) is 0 Å². The van der Waals surface area contributed by atoms with Gasteiger partial charge in [-0.3, -0.25) is 14.2 Å². The predicted molar refractivity (Wildman–Crippen MR) is 77.6 cm³/mol. The molecular weight excluding hydrogens is 280 g/mol. The molecule has 1 aromatic heterocycles. The number of aryl methyl sites for hydroxylation is 1. The highest BCUT2D eigenvalue weighted by Gasteiger charge is 2.05. The Morgan fingerprint density at radius 1 is 1.40 bits per heavy atom. The molecule has 1 heterocycles. The van der Waals surface area contributed by atoms with Crippen molar-refractivity contribution in [3.63, 3.8) is 0 Å². The fourth-order valence-electron chi connectivity index (χ4n) is 1.61. The van der Waals surface area contributed by atoms with E-state index in [4.69, 9.17) is 17.3 Å². The molecule has 0 unspecified atom stereocenters. The molecule has 0 aliphatic rings. The Labute approximate surface area is 120 Å². The zero-order chi connectivity index (χ0) is 14.5. The van der Waals surface area contributed by atoms with E-state index in [2.05, 4.69) is 10.3 Å². The summed E-state index contributed by atoms with van der Waals surface area (Å²) < 4.78 is 1.37. The second-order valence-electron chi connectivity index (χ2n) is 4.15. The number of benzene rings is 1. The molecule has 0 spiro atoms. The number of halogens is 1. The Balaban J connectivity index is 1.94. The number of nitrogen functional groups attached to an aromatic ring is 1. The fraction of sp³-hybridized carbons (Fsp3) is 0.154. The molecule has 0 saturated carbocycles. The second-order valence-corrected chi connectivity index (χ2v) is 4.55. The first-order valence-electron chi connectivity index (χ1n) is 5.91. The zero-order valence-electron chi connectivity index (χ0n) is 10.5. The second kappa shape index (κ2) is 6.21. The van der Waals surface area contributed by atoms with Crippen LogP contribution < -0.4 is 16.6 Å². The third-order valence-corrected chi connectivity index (χ3v) is 3.00. The average molecular weight is 293 g/mol. The number of carbonyl (C=O) groups is 1. The first-order chi connectivity index (χ1) is 9.56. The van der Waals surface area contributed by atoms with E-state index >= 15 is 0 Å². The maximum Gasteiger partial charge on any atom is 0.253 e. The van der Waals surface area contributed by atoms with Crippen LogP contribution in [0.1, 0.15) is 6.42 Å². The number of aromatic nitrogens is 2. The van der Waals surface area contributed by atoms with Gasteiger partial charge < -0.3 is 11.1 Å². The van der Waals surface area contributed by atoms with E-state index in [1.807, 2.05) is 0 Å². The molecule has 104 valence electrons. The molecule has 2 rings (SSSR count). The van der Waals surface area contributed by atoms with Crippen LogP contribution >= 0.6 is 11.6 Å². The number of hydrogen-bond donors (Lipinski definition) is 2. The third kappa shape index (κ3) is 3.58. The minimum atomic E-state index is -0.220. The standard InChI is InChI=1S/C13H13ClN4O2/c14-10-2-1-9(7-11(10)15)17-12(19)4-6-18-8-16-5-3-13(18)20/h1-3,5,7-8H,4,6,15H2,(H,17,19). The summed E-state index contributed by atoms with van der Waals surface area (Å²) in [7, 11) is 0. The van der Waals surface area contributed by atoms with Crippen LogP contribution in [0.2, 0.25) is 5.02 Å². The summed E-state index contributed by atoms with van der Waals surface area (Å²) in [5.74, 6) is -0.220. The van der Waals surface area contributed by atoms with Gasteiger partial charge in [0.2, 0.25) is 5.91 Å². The maximum absolute atomic E-state index is 11.8. The van der Waals surface area contributed by atoms with Crippen LogP contribution in [0.15, 0.2) is 41.6 Å². The molecule has 0 fully saturated rings. The van der Waals surface area contributed by atoms with Gasteiger partial charge in [-0.25, -0.2) is 4.98 Å². The van der Waals surface area contributed by atoms with Gasteiger partial charge in [0.05, 0.1) is 17.0 Å². The Bertz CT molecular complexity index is 684. The smallest absolute Gasteiger partial charge is 0.253 e. The number of carbonyl (C=O) groups excluding carboxylic acids is 1. The van der Waals surface area contributed by atoms with E-state index in [0.29, 0.717) is 16.4 Å². The molecule has 0 aliphatic heterocycles. The molecule has 20 heavy (non-hydrogen) atoms. The molecule has 0 saturated heterocycles. The van der Waals surface area contributed by atoms with Crippen LogP contribution in [0, 0.1) is 0 Å². The van der Waals surface area contributed by atoms with Crippen molar-refractivity contribution in [3.05, 3.63) is 52.2 Å². The number of nitrogens with two attached hydrogens (primary N) is 1. The van der Waals surface area contributed by atoms with Gasteiger partial charge in [0.25, 0.3) is 5.56 Å². The molecule has 6 nitrogen and oxygen atoms in total. The Kier molecular flexibility index (Phi) is 4.37. The van der Waals surface area contributed by atoms with E-state index in [0.717, 1.165) is 0 Å². The summed E-state index contributed by atoms with van der Waals surface area (Å²) >= 11 is 5.79.